The summed E-state index contributed by atoms with van der Waals surface area (Å²) in [7, 11) is 1.35. The third-order valence-electron chi connectivity index (χ3n) is 5.74. The fourth-order valence-electron chi connectivity index (χ4n) is 4.19. The van der Waals surface area contributed by atoms with Crippen molar-refractivity contribution in [1.29, 1.82) is 0 Å². The van der Waals surface area contributed by atoms with E-state index in [-0.39, 0.29) is 5.91 Å². The summed E-state index contributed by atoms with van der Waals surface area (Å²) in [6.07, 6.45) is 0.881. The summed E-state index contributed by atoms with van der Waals surface area (Å²) in [5.74, 6) is 0.291. The number of carbonyl (C=O) groups is 2. The molecule has 1 heterocycles. The number of aryl methyl sites for hydroxylation is 1. The van der Waals surface area contributed by atoms with E-state index in [2.05, 4.69) is 6.07 Å². The van der Waals surface area contributed by atoms with Crippen molar-refractivity contribution in [2.45, 2.75) is 59.2 Å². The maximum absolute atomic E-state index is 13.5. The van der Waals surface area contributed by atoms with Gasteiger partial charge in [0.1, 0.15) is 5.75 Å². The summed E-state index contributed by atoms with van der Waals surface area (Å²) >= 11 is 0. The topological polar surface area (TPSA) is 65.1 Å². The maximum Gasteiger partial charge on any atom is 0.339 e. The Morgan fingerprint density at radius 2 is 1.85 bits per heavy atom. The Morgan fingerprint density at radius 3 is 2.48 bits per heavy atom. The van der Waals surface area contributed by atoms with Crippen LogP contribution in [0.2, 0.25) is 0 Å². The van der Waals surface area contributed by atoms with E-state index in [1.54, 1.807) is 11.0 Å². The third-order valence-corrected chi connectivity index (χ3v) is 5.74. The highest BCUT2D eigenvalue weighted by Gasteiger charge is 2.32. The number of ether oxygens (including phenoxy) is 3. The number of esters is 1. The Labute approximate surface area is 196 Å². The van der Waals surface area contributed by atoms with Crippen LogP contribution in [0.1, 0.15) is 68.6 Å². The summed E-state index contributed by atoms with van der Waals surface area (Å²) in [5.41, 5.74) is 3.21. The molecule has 0 radical (unpaired) electrons. The maximum atomic E-state index is 13.5. The number of hydrogen-bond donors (Lipinski definition) is 0. The lowest BCUT2D eigenvalue weighted by molar-refractivity contribution is -0.164. The highest BCUT2D eigenvalue weighted by atomic mass is 16.6. The Hall–Kier alpha value is -2.86. The Morgan fingerprint density at radius 1 is 1.12 bits per heavy atom. The lowest BCUT2D eigenvalue weighted by Crippen LogP contribution is -2.32. The van der Waals surface area contributed by atoms with E-state index in [1.807, 2.05) is 58.9 Å². The minimum atomic E-state index is -0.971. The number of rotatable bonds is 7. The largest absolute Gasteiger partial charge is 0.493 e. The van der Waals surface area contributed by atoms with Gasteiger partial charge in [0.15, 0.2) is 6.10 Å². The number of hydrogen-bond acceptors (Lipinski definition) is 5. The predicted octanol–water partition coefficient (Wildman–Crippen LogP) is 5.19. The van der Waals surface area contributed by atoms with Crippen LogP contribution in [0.5, 0.6) is 5.75 Å². The van der Waals surface area contributed by atoms with Crippen molar-refractivity contribution in [1.82, 2.24) is 4.90 Å². The van der Waals surface area contributed by atoms with Gasteiger partial charge in [-0.3, -0.25) is 4.79 Å². The van der Waals surface area contributed by atoms with Gasteiger partial charge in [-0.15, -0.1) is 0 Å². The van der Waals surface area contributed by atoms with Crippen molar-refractivity contribution in [3.63, 3.8) is 0 Å². The van der Waals surface area contributed by atoms with Gasteiger partial charge in [-0.1, -0.05) is 18.2 Å². The zero-order valence-electron chi connectivity index (χ0n) is 20.6. The Kier molecular flexibility index (Phi) is 7.80. The van der Waals surface area contributed by atoms with Crippen LogP contribution >= 0.6 is 0 Å². The predicted molar refractivity (Wildman–Crippen MR) is 129 cm³/mol. The second-order valence-corrected chi connectivity index (χ2v) is 9.16. The summed E-state index contributed by atoms with van der Waals surface area (Å²) in [6.45, 7) is 11.5. The number of carbonyl (C=O) groups excluding carboxylic acids is 2. The minimum Gasteiger partial charge on any atom is -0.493 e. The van der Waals surface area contributed by atoms with E-state index >= 15 is 0 Å². The highest BCUT2D eigenvalue weighted by Crippen LogP contribution is 2.39. The normalized spacial score (nSPS) is 14.1. The fraction of sp³-hybridized carbons (Fsp3) is 0.481. The van der Waals surface area contributed by atoms with E-state index in [1.165, 1.54) is 7.11 Å². The van der Waals surface area contributed by atoms with E-state index in [9.17, 15) is 9.59 Å². The van der Waals surface area contributed by atoms with Gasteiger partial charge in [-0.05, 0) is 76.8 Å². The molecule has 2 aromatic rings. The average Bonchev–Trinajstić information content (AvgIpc) is 2.81. The Bertz CT molecular complexity index is 1000. The molecular formula is C27H35NO5. The SMILES string of the molecule is CCN(CC)C(=O)c1cccc(C(OC(C)(C)C)C(=O)OC)c1-c1ccc2c(c1)CCCO2. The van der Waals surface area contributed by atoms with Crippen LogP contribution in [-0.2, 0) is 20.7 Å². The lowest BCUT2D eigenvalue weighted by atomic mass is 9.89. The smallest absolute Gasteiger partial charge is 0.339 e. The van der Waals surface area contributed by atoms with E-state index in [0.717, 1.165) is 29.7 Å². The van der Waals surface area contributed by atoms with E-state index in [0.29, 0.717) is 36.4 Å². The molecular weight excluding hydrogens is 418 g/mol. The summed E-state index contributed by atoms with van der Waals surface area (Å²) in [6, 6.07) is 11.4. The van der Waals surface area contributed by atoms with E-state index < -0.39 is 17.7 Å². The molecule has 1 atom stereocenters. The van der Waals surface area contributed by atoms with Crippen LogP contribution in [0, 0.1) is 0 Å². The first kappa shape index (κ1) is 24.8. The standard InChI is InChI=1S/C27H35NO5/c1-7-28(8-2)25(29)21-13-9-12-20(24(26(30)31-6)33-27(3,4)5)23(21)19-14-15-22-18(17-19)11-10-16-32-22/h9,12-15,17,24H,7-8,10-11,16H2,1-6H3. The van der Waals surface area contributed by atoms with Crippen molar-refractivity contribution in [2.24, 2.45) is 0 Å². The molecule has 1 aliphatic rings. The van der Waals surface area contributed by atoms with Gasteiger partial charge < -0.3 is 19.1 Å². The summed E-state index contributed by atoms with van der Waals surface area (Å²) in [4.78, 5) is 28.2. The lowest BCUT2D eigenvalue weighted by Gasteiger charge is -2.29. The van der Waals surface area contributed by atoms with Crippen LogP contribution < -0.4 is 4.74 Å². The molecule has 0 spiro atoms. The summed E-state index contributed by atoms with van der Waals surface area (Å²) < 4.78 is 17.1. The molecule has 0 fully saturated rings. The number of fused-ring (bicyclic) bond motifs is 1. The van der Waals surface area contributed by atoms with Crippen LogP contribution in [0.3, 0.4) is 0 Å². The molecule has 0 bridgehead atoms. The van der Waals surface area contributed by atoms with Gasteiger partial charge in [-0.25, -0.2) is 4.79 Å². The third kappa shape index (κ3) is 5.56. The first-order valence-electron chi connectivity index (χ1n) is 11.6. The van der Waals surface area contributed by atoms with Crippen LogP contribution in [0.4, 0.5) is 0 Å². The van der Waals surface area contributed by atoms with Crippen molar-refractivity contribution in [3.05, 3.63) is 53.1 Å². The van der Waals surface area contributed by atoms with Crippen LogP contribution in [-0.4, -0.2) is 49.2 Å². The monoisotopic (exact) mass is 453 g/mol. The first-order chi connectivity index (χ1) is 15.7. The molecule has 0 aromatic heterocycles. The molecule has 0 N–H and O–H groups in total. The molecule has 6 nitrogen and oxygen atoms in total. The first-order valence-corrected chi connectivity index (χ1v) is 11.6. The molecule has 1 aliphatic heterocycles. The minimum absolute atomic E-state index is 0.0785. The van der Waals surface area contributed by atoms with Gasteiger partial charge in [0.2, 0.25) is 0 Å². The number of amides is 1. The molecule has 0 saturated heterocycles. The Balaban J connectivity index is 2.26. The highest BCUT2D eigenvalue weighted by molar-refractivity contribution is 6.02. The molecule has 33 heavy (non-hydrogen) atoms. The zero-order valence-corrected chi connectivity index (χ0v) is 20.6. The number of benzene rings is 2. The van der Waals surface area contributed by atoms with E-state index in [4.69, 9.17) is 14.2 Å². The van der Waals surface area contributed by atoms with Crippen LogP contribution in [0.25, 0.3) is 11.1 Å². The second-order valence-electron chi connectivity index (χ2n) is 9.16. The van der Waals surface area contributed by atoms with Gasteiger partial charge in [0, 0.05) is 29.8 Å². The molecule has 1 amide bonds. The zero-order chi connectivity index (χ0) is 24.2. The van der Waals surface area contributed by atoms with Gasteiger partial charge in [0.25, 0.3) is 5.91 Å². The number of methoxy groups -OCH3 is 1. The number of nitrogens with zero attached hydrogens (tertiary/aromatic N) is 1. The van der Waals surface area contributed by atoms with Crippen LogP contribution in [0.15, 0.2) is 36.4 Å². The quantitative estimate of drug-likeness (QED) is 0.540. The molecule has 2 aromatic carbocycles. The average molecular weight is 454 g/mol. The van der Waals surface area contributed by atoms with Crippen molar-refractivity contribution >= 4 is 11.9 Å². The van der Waals surface area contributed by atoms with Crippen molar-refractivity contribution < 1.29 is 23.8 Å². The summed E-state index contributed by atoms with van der Waals surface area (Å²) in [5, 5.41) is 0. The molecule has 3 rings (SSSR count). The second kappa shape index (κ2) is 10.4. The van der Waals surface area contributed by atoms with Crippen molar-refractivity contribution in [3.8, 4) is 16.9 Å². The molecule has 6 heteroatoms. The van der Waals surface area contributed by atoms with Crippen molar-refractivity contribution in [2.75, 3.05) is 26.8 Å². The van der Waals surface area contributed by atoms with Gasteiger partial charge in [-0.2, -0.15) is 0 Å². The molecule has 1 unspecified atom stereocenters. The molecule has 178 valence electrons. The van der Waals surface area contributed by atoms with Gasteiger partial charge in [0.05, 0.1) is 19.3 Å². The molecule has 0 saturated carbocycles. The fourth-order valence-corrected chi connectivity index (χ4v) is 4.19. The molecule has 0 aliphatic carbocycles. The van der Waals surface area contributed by atoms with Gasteiger partial charge >= 0.3 is 5.97 Å².